The maximum atomic E-state index is 12.8. The van der Waals surface area contributed by atoms with Crippen molar-refractivity contribution in [3.8, 4) is 0 Å². The van der Waals surface area contributed by atoms with Gasteiger partial charge in [0, 0.05) is 12.3 Å². The first-order chi connectivity index (χ1) is 13.5. The van der Waals surface area contributed by atoms with Crippen LogP contribution in [0.25, 0.3) is 0 Å². The first-order valence-electron chi connectivity index (χ1n) is 8.96. The molecule has 0 aromatic rings. The average Bonchev–Trinajstić information content (AvgIpc) is 3.13. The lowest BCUT2D eigenvalue weighted by Gasteiger charge is -2.29. The number of hydrogen-bond donors (Lipinski definition) is 7. The topological polar surface area (TPSA) is 205 Å². The number of carboxylic acids is 1. The van der Waals surface area contributed by atoms with Crippen LogP contribution < -0.4 is 22.1 Å². The summed E-state index contributed by atoms with van der Waals surface area (Å²) in [6.45, 7) is 1.54. The molecule has 8 N–H and O–H groups in total. The van der Waals surface area contributed by atoms with Crippen LogP contribution >= 0.6 is 12.6 Å². The molecule has 0 saturated carbocycles. The van der Waals surface area contributed by atoms with Crippen molar-refractivity contribution in [3.63, 3.8) is 0 Å². The number of primary amides is 1. The molecular weight excluding hydrogens is 406 g/mol. The van der Waals surface area contributed by atoms with Crippen LogP contribution in [0.1, 0.15) is 26.2 Å². The molecule has 1 heterocycles. The minimum absolute atomic E-state index is 0.0820. The number of aliphatic hydroxyl groups excluding tert-OH is 1. The quantitative estimate of drug-likeness (QED) is 0.172. The Kier molecular flexibility index (Phi) is 9.33. The van der Waals surface area contributed by atoms with Crippen molar-refractivity contribution >= 4 is 42.2 Å². The summed E-state index contributed by atoms with van der Waals surface area (Å²) in [5.74, 6) is -4.49. The third-order valence-electron chi connectivity index (χ3n) is 4.48. The van der Waals surface area contributed by atoms with Crippen molar-refractivity contribution in [2.75, 3.05) is 12.3 Å². The molecule has 1 rings (SSSR count). The van der Waals surface area contributed by atoms with Gasteiger partial charge in [0.15, 0.2) is 0 Å². The summed E-state index contributed by atoms with van der Waals surface area (Å²) in [7, 11) is 0. The second kappa shape index (κ2) is 11.0. The highest BCUT2D eigenvalue weighted by atomic mass is 32.1. The van der Waals surface area contributed by atoms with Gasteiger partial charge < -0.3 is 37.2 Å². The number of nitrogens with two attached hydrogens (primary N) is 2. The molecule has 13 heteroatoms. The van der Waals surface area contributed by atoms with Crippen molar-refractivity contribution in [2.24, 2.45) is 11.5 Å². The van der Waals surface area contributed by atoms with Gasteiger partial charge in [0.25, 0.3) is 0 Å². The lowest BCUT2D eigenvalue weighted by molar-refractivity contribution is -0.145. The zero-order valence-corrected chi connectivity index (χ0v) is 16.8. The van der Waals surface area contributed by atoms with Gasteiger partial charge in [-0.25, -0.2) is 4.79 Å². The van der Waals surface area contributed by atoms with E-state index in [2.05, 4.69) is 23.3 Å². The lowest BCUT2D eigenvalue weighted by atomic mass is 10.1. The number of aliphatic carboxylic acids is 1. The van der Waals surface area contributed by atoms with Gasteiger partial charge in [0.1, 0.15) is 24.2 Å². The number of amides is 4. The molecule has 0 radical (unpaired) electrons. The third kappa shape index (κ3) is 6.87. The van der Waals surface area contributed by atoms with E-state index >= 15 is 0 Å². The Balaban J connectivity index is 2.86. The molecule has 12 nitrogen and oxygen atoms in total. The van der Waals surface area contributed by atoms with Crippen molar-refractivity contribution < 1.29 is 34.2 Å². The van der Waals surface area contributed by atoms with Crippen molar-refractivity contribution in [1.82, 2.24) is 15.5 Å². The minimum Gasteiger partial charge on any atom is -0.480 e. The second-order valence-corrected chi connectivity index (χ2v) is 7.13. The molecule has 0 spiro atoms. The maximum absolute atomic E-state index is 12.8. The van der Waals surface area contributed by atoms with Gasteiger partial charge >= 0.3 is 5.97 Å². The van der Waals surface area contributed by atoms with E-state index in [1.807, 2.05) is 0 Å². The molecular formula is C16H27N5O7S. The van der Waals surface area contributed by atoms with Crippen LogP contribution in [-0.4, -0.2) is 87.3 Å². The van der Waals surface area contributed by atoms with Crippen LogP contribution in [0.4, 0.5) is 0 Å². The van der Waals surface area contributed by atoms with Gasteiger partial charge in [-0.2, -0.15) is 12.6 Å². The van der Waals surface area contributed by atoms with E-state index < -0.39 is 66.3 Å². The highest BCUT2D eigenvalue weighted by molar-refractivity contribution is 7.80. The Hall–Kier alpha value is -2.38. The predicted octanol–water partition coefficient (Wildman–Crippen LogP) is -3.46. The summed E-state index contributed by atoms with van der Waals surface area (Å²) in [6, 6.07) is -4.82. The molecule has 4 amide bonds. The van der Waals surface area contributed by atoms with Crippen LogP contribution in [0.3, 0.4) is 0 Å². The summed E-state index contributed by atoms with van der Waals surface area (Å²) in [5.41, 5.74) is 10.5. The molecule has 1 fully saturated rings. The number of likely N-dealkylation sites (tertiary alicyclic amines) is 1. The number of nitrogens with one attached hydrogen (secondary N) is 2. The lowest BCUT2D eigenvalue weighted by Crippen LogP contribution is -2.58. The molecule has 164 valence electrons. The highest BCUT2D eigenvalue weighted by Gasteiger charge is 2.39. The van der Waals surface area contributed by atoms with E-state index in [0.29, 0.717) is 6.42 Å². The molecule has 0 aromatic carbocycles. The van der Waals surface area contributed by atoms with Crippen LogP contribution in [0.5, 0.6) is 0 Å². The number of nitrogens with zero attached hydrogens (tertiary/aromatic N) is 1. The number of carbonyl (C=O) groups is 5. The fourth-order valence-corrected chi connectivity index (χ4v) is 3.09. The zero-order valence-electron chi connectivity index (χ0n) is 15.9. The molecule has 1 aliphatic heterocycles. The van der Waals surface area contributed by atoms with Crippen LogP contribution in [0.2, 0.25) is 0 Å². The van der Waals surface area contributed by atoms with E-state index in [1.165, 1.54) is 11.8 Å². The Morgan fingerprint density at radius 2 is 1.83 bits per heavy atom. The number of thiol groups is 1. The maximum Gasteiger partial charge on any atom is 0.326 e. The number of rotatable bonds is 10. The molecule has 0 aromatic heterocycles. The minimum atomic E-state index is -1.51. The van der Waals surface area contributed by atoms with Gasteiger partial charge in [-0.05, 0) is 19.8 Å². The Bertz CT molecular complexity index is 660. The van der Waals surface area contributed by atoms with E-state index in [-0.39, 0.29) is 18.7 Å². The van der Waals surface area contributed by atoms with Crippen molar-refractivity contribution in [1.29, 1.82) is 0 Å². The van der Waals surface area contributed by atoms with E-state index in [9.17, 15) is 29.1 Å². The summed E-state index contributed by atoms with van der Waals surface area (Å²) in [4.78, 5) is 60.7. The molecule has 1 aliphatic rings. The summed E-state index contributed by atoms with van der Waals surface area (Å²) < 4.78 is 0. The van der Waals surface area contributed by atoms with E-state index in [1.54, 1.807) is 0 Å². The molecule has 1 saturated heterocycles. The molecule has 0 aliphatic carbocycles. The molecule has 5 atom stereocenters. The number of hydrogen-bond acceptors (Lipinski definition) is 8. The molecule has 29 heavy (non-hydrogen) atoms. The predicted molar refractivity (Wildman–Crippen MR) is 104 cm³/mol. The third-order valence-corrected chi connectivity index (χ3v) is 4.84. The zero-order chi connectivity index (χ0) is 22.3. The van der Waals surface area contributed by atoms with Crippen LogP contribution in [-0.2, 0) is 24.0 Å². The highest BCUT2D eigenvalue weighted by Crippen LogP contribution is 2.19. The van der Waals surface area contributed by atoms with E-state index in [0.717, 1.165) is 0 Å². The molecule has 5 unspecified atom stereocenters. The van der Waals surface area contributed by atoms with Crippen LogP contribution in [0, 0.1) is 0 Å². The number of aliphatic hydroxyl groups is 1. The first-order valence-corrected chi connectivity index (χ1v) is 9.59. The SMILES string of the molecule is CC(O)C(N)C(=O)NC(CS)C(=O)N1CCCC1C(=O)NC(CC(N)=O)C(=O)O. The number of carbonyl (C=O) groups excluding carboxylic acids is 4. The Morgan fingerprint density at radius 1 is 1.21 bits per heavy atom. The fourth-order valence-electron chi connectivity index (χ4n) is 2.84. The monoisotopic (exact) mass is 433 g/mol. The van der Waals surface area contributed by atoms with E-state index in [4.69, 9.17) is 16.6 Å². The van der Waals surface area contributed by atoms with Gasteiger partial charge in [-0.1, -0.05) is 0 Å². The van der Waals surface area contributed by atoms with Gasteiger partial charge in [0.2, 0.25) is 23.6 Å². The second-order valence-electron chi connectivity index (χ2n) is 6.77. The largest absolute Gasteiger partial charge is 0.480 e. The average molecular weight is 433 g/mol. The fraction of sp³-hybridized carbons (Fsp3) is 0.688. The summed E-state index contributed by atoms with van der Waals surface area (Å²) in [6.07, 6.45) is -0.957. The molecule has 0 bridgehead atoms. The van der Waals surface area contributed by atoms with Crippen molar-refractivity contribution in [3.05, 3.63) is 0 Å². The Morgan fingerprint density at radius 3 is 2.31 bits per heavy atom. The van der Waals surface area contributed by atoms with Gasteiger partial charge in [0.05, 0.1) is 12.5 Å². The Labute approximate surface area is 172 Å². The summed E-state index contributed by atoms with van der Waals surface area (Å²) in [5, 5.41) is 23.1. The van der Waals surface area contributed by atoms with Gasteiger partial charge in [-0.15, -0.1) is 0 Å². The smallest absolute Gasteiger partial charge is 0.326 e. The standard InChI is InChI=1S/C16H27N5O7S/c1-7(22)12(18)14(25)20-9(6-29)15(26)21-4-2-3-10(21)13(24)19-8(16(27)28)5-11(17)23/h7-10,12,22,29H,2-6,18H2,1H3,(H2,17,23)(H,19,24)(H,20,25)(H,27,28). The van der Waals surface area contributed by atoms with Crippen molar-refractivity contribution in [2.45, 2.75) is 56.5 Å². The number of carboxylic acid groups (broad SMARTS) is 1. The normalized spacial score (nSPS) is 20.3. The summed E-state index contributed by atoms with van der Waals surface area (Å²) >= 11 is 4.05. The van der Waals surface area contributed by atoms with Gasteiger partial charge in [-0.3, -0.25) is 19.2 Å². The van der Waals surface area contributed by atoms with Crippen LogP contribution in [0.15, 0.2) is 0 Å². The first kappa shape index (κ1) is 24.7.